The van der Waals surface area contributed by atoms with Crippen LogP contribution in [0.15, 0.2) is 23.3 Å². The molecule has 0 aromatic heterocycles. The van der Waals surface area contributed by atoms with Gasteiger partial charge >= 0.3 is 0 Å². The Balaban J connectivity index is 1.66. The first-order chi connectivity index (χ1) is 11.1. The first-order valence-electron chi connectivity index (χ1n) is 8.19. The van der Waals surface area contributed by atoms with E-state index >= 15 is 0 Å². The summed E-state index contributed by atoms with van der Waals surface area (Å²) in [5.74, 6) is 3.09. The van der Waals surface area contributed by atoms with Crippen LogP contribution in [-0.2, 0) is 0 Å². The van der Waals surface area contributed by atoms with Crippen LogP contribution >= 0.6 is 0 Å². The number of methoxy groups -OCH3 is 2. The maximum atomic E-state index is 12.3. The van der Waals surface area contributed by atoms with Crippen LogP contribution in [0, 0.1) is 17.8 Å². The minimum atomic E-state index is -0.228. The molecule has 3 atom stereocenters. The zero-order valence-electron chi connectivity index (χ0n) is 14.0. The van der Waals surface area contributed by atoms with Crippen molar-refractivity contribution in [1.82, 2.24) is 5.43 Å². The maximum absolute atomic E-state index is 12.3. The molecule has 0 saturated heterocycles. The molecule has 0 aliphatic heterocycles. The van der Waals surface area contributed by atoms with Crippen molar-refractivity contribution in [3.8, 4) is 11.5 Å². The van der Waals surface area contributed by atoms with Crippen LogP contribution in [0.4, 0.5) is 0 Å². The molecule has 1 amide bonds. The largest absolute Gasteiger partial charge is 0.493 e. The molecule has 2 aliphatic carbocycles. The second-order valence-electron chi connectivity index (χ2n) is 6.55. The molecule has 124 valence electrons. The molecule has 1 aromatic rings. The highest BCUT2D eigenvalue weighted by Gasteiger charge is 2.40. The Morgan fingerprint density at radius 3 is 2.57 bits per heavy atom. The smallest absolute Gasteiger partial charge is 0.271 e. The van der Waals surface area contributed by atoms with Crippen LogP contribution in [0.25, 0.3) is 0 Å². The molecule has 1 N–H and O–H groups in total. The van der Waals surface area contributed by atoms with E-state index in [1.807, 2.05) is 6.92 Å². The number of rotatable bonds is 5. The third kappa shape index (κ3) is 3.19. The van der Waals surface area contributed by atoms with Gasteiger partial charge in [-0.05, 0) is 56.2 Å². The highest BCUT2D eigenvalue weighted by molar-refractivity contribution is 5.96. The number of benzene rings is 1. The molecular weight excluding hydrogens is 292 g/mol. The Labute approximate surface area is 137 Å². The van der Waals surface area contributed by atoms with Gasteiger partial charge in [0.25, 0.3) is 5.91 Å². The minimum absolute atomic E-state index is 0.228. The first-order valence-corrected chi connectivity index (χ1v) is 8.19. The Morgan fingerprint density at radius 1 is 1.17 bits per heavy atom. The number of nitrogens with one attached hydrogen (secondary N) is 1. The molecule has 2 fully saturated rings. The summed E-state index contributed by atoms with van der Waals surface area (Å²) in [7, 11) is 3.12. The van der Waals surface area contributed by atoms with Crippen molar-refractivity contribution in [1.29, 1.82) is 0 Å². The summed E-state index contributed by atoms with van der Waals surface area (Å²) in [6.07, 6.45) is 5.24. The Hall–Kier alpha value is -2.04. The van der Waals surface area contributed by atoms with Gasteiger partial charge in [0.05, 0.1) is 14.2 Å². The third-order valence-corrected chi connectivity index (χ3v) is 5.25. The monoisotopic (exact) mass is 316 g/mol. The fourth-order valence-corrected chi connectivity index (χ4v) is 4.02. The van der Waals surface area contributed by atoms with Crippen molar-refractivity contribution < 1.29 is 14.3 Å². The van der Waals surface area contributed by atoms with Gasteiger partial charge in [0, 0.05) is 17.2 Å². The number of hydrazone groups is 1. The van der Waals surface area contributed by atoms with Crippen LogP contribution in [0.1, 0.15) is 43.0 Å². The van der Waals surface area contributed by atoms with Crippen molar-refractivity contribution in [2.75, 3.05) is 14.2 Å². The third-order valence-electron chi connectivity index (χ3n) is 5.25. The van der Waals surface area contributed by atoms with Gasteiger partial charge in [0.2, 0.25) is 0 Å². The highest BCUT2D eigenvalue weighted by Crippen LogP contribution is 2.48. The fourth-order valence-electron chi connectivity index (χ4n) is 4.02. The van der Waals surface area contributed by atoms with Crippen LogP contribution < -0.4 is 14.9 Å². The van der Waals surface area contributed by atoms with Gasteiger partial charge < -0.3 is 9.47 Å². The van der Waals surface area contributed by atoms with Crippen LogP contribution in [0.3, 0.4) is 0 Å². The topological polar surface area (TPSA) is 59.9 Å². The van der Waals surface area contributed by atoms with E-state index in [-0.39, 0.29) is 5.91 Å². The molecule has 23 heavy (non-hydrogen) atoms. The van der Waals surface area contributed by atoms with E-state index in [4.69, 9.17) is 9.47 Å². The summed E-state index contributed by atoms with van der Waals surface area (Å²) in [4.78, 5) is 12.3. The SMILES string of the molecule is COc1ccc(C(=O)N/N=C(/C)[C@@H]2C[C@H]3CC[C@@H]2C3)cc1OC. The molecule has 2 aliphatic rings. The Bertz CT molecular complexity index is 627. The second-order valence-corrected chi connectivity index (χ2v) is 6.55. The Kier molecular flexibility index (Phi) is 4.55. The van der Waals surface area contributed by atoms with E-state index in [0.29, 0.717) is 23.0 Å². The molecule has 0 spiro atoms. The van der Waals surface area contributed by atoms with Crippen LogP contribution in [0.5, 0.6) is 11.5 Å². The lowest BCUT2D eigenvalue weighted by molar-refractivity contribution is 0.0954. The molecule has 1 aromatic carbocycles. The number of nitrogens with zero attached hydrogens (tertiary/aromatic N) is 1. The lowest BCUT2D eigenvalue weighted by Gasteiger charge is -2.21. The minimum Gasteiger partial charge on any atom is -0.493 e. The lowest BCUT2D eigenvalue weighted by atomic mass is 9.86. The molecule has 5 heteroatoms. The summed E-state index contributed by atoms with van der Waals surface area (Å²) in [6.45, 7) is 2.03. The summed E-state index contributed by atoms with van der Waals surface area (Å²) in [6, 6.07) is 5.09. The van der Waals surface area contributed by atoms with Crippen molar-refractivity contribution in [3.63, 3.8) is 0 Å². The molecule has 0 unspecified atom stereocenters. The van der Waals surface area contributed by atoms with E-state index in [1.165, 1.54) is 25.7 Å². The van der Waals surface area contributed by atoms with Crippen molar-refractivity contribution in [2.45, 2.75) is 32.6 Å². The van der Waals surface area contributed by atoms with Gasteiger partial charge in [-0.3, -0.25) is 4.79 Å². The van der Waals surface area contributed by atoms with Gasteiger partial charge in [-0.2, -0.15) is 5.10 Å². The number of carbonyl (C=O) groups excluding carboxylic acids is 1. The van der Waals surface area contributed by atoms with E-state index in [9.17, 15) is 4.79 Å². The van der Waals surface area contributed by atoms with Gasteiger partial charge in [0.1, 0.15) is 0 Å². The predicted octanol–water partition coefficient (Wildman–Crippen LogP) is 3.25. The second kappa shape index (κ2) is 6.60. The number of amides is 1. The molecule has 0 radical (unpaired) electrons. The highest BCUT2D eigenvalue weighted by atomic mass is 16.5. The normalized spacial score (nSPS) is 26.2. The standard InChI is InChI=1S/C18H24N2O3/c1-11(15-9-12-4-5-13(15)8-12)19-20-18(21)14-6-7-16(22-2)17(10-14)23-3/h6-7,10,12-13,15H,4-5,8-9H2,1-3H3,(H,20,21)/b19-11-/t12-,13+,15-/m0/s1. The number of fused-ring (bicyclic) bond motifs is 2. The first kappa shape index (κ1) is 15.8. The van der Waals surface area contributed by atoms with Gasteiger partial charge in [0.15, 0.2) is 11.5 Å². The summed E-state index contributed by atoms with van der Waals surface area (Å²) in [5.41, 5.74) is 4.23. The van der Waals surface area contributed by atoms with E-state index in [0.717, 1.165) is 17.5 Å². The van der Waals surface area contributed by atoms with Crippen molar-refractivity contribution >= 4 is 11.6 Å². The zero-order chi connectivity index (χ0) is 16.4. The number of ether oxygens (including phenoxy) is 2. The average molecular weight is 316 g/mol. The molecule has 5 nitrogen and oxygen atoms in total. The predicted molar refractivity (Wildman–Crippen MR) is 89.1 cm³/mol. The maximum Gasteiger partial charge on any atom is 0.271 e. The number of hydrogen-bond donors (Lipinski definition) is 1. The molecule has 0 heterocycles. The van der Waals surface area contributed by atoms with E-state index in [1.54, 1.807) is 32.4 Å². The number of hydrogen-bond acceptors (Lipinski definition) is 4. The lowest BCUT2D eigenvalue weighted by Crippen LogP contribution is -2.24. The molecule has 2 saturated carbocycles. The quantitative estimate of drug-likeness (QED) is 0.670. The van der Waals surface area contributed by atoms with Crippen LogP contribution in [-0.4, -0.2) is 25.8 Å². The van der Waals surface area contributed by atoms with Crippen molar-refractivity contribution in [3.05, 3.63) is 23.8 Å². The van der Waals surface area contributed by atoms with Gasteiger partial charge in [-0.15, -0.1) is 0 Å². The summed E-state index contributed by atoms with van der Waals surface area (Å²) in [5, 5.41) is 4.34. The van der Waals surface area contributed by atoms with E-state index < -0.39 is 0 Å². The zero-order valence-corrected chi connectivity index (χ0v) is 14.0. The molecule has 3 rings (SSSR count). The molecule has 2 bridgehead atoms. The Morgan fingerprint density at radius 2 is 1.96 bits per heavy atom. The number of carbonyl (C=O) groups is 1. The van der Waals surface area contributed by atoms with Gasteiger partial charge in [-0.1, -0.05) is 6.42 Å². The molecular formula is C18H24N2O3. The van der Waals surface area contributed by atoms with E-state index in [2.05, 4.69) is 10.5 Å². The van der Waals surface area contributed by atoms with Gasteiger partial charge in [-0.25, -0.2) is 5.43 Å². The van der Waals surface area contributed by atoms with Crippen LogP contribution in [0.2, 0.25) is 0 Å². The van der Waals surface area contributed by atoms with Crippen molar-refractivity contribution in [2.24, 2.45) is 22.9 Å². The average Bonchev–Trinajstić information content (AvgIpc) is 3.21. The fraction of sp³-hybridized carbons (Fsp3) is 0.556. The summed E-state index contributed by atoms with van der Waals surface area (Å²) >= 11 is 0. The summed E-state index contributed by atoms with van der Waals surface area (Å²) < 4.78 is 10.4.